The first-order chi connectivity index (χ1) is 15.3. The Morgan fingerprint density at radius 2 is 1.84 bits per heavy atom. The molecule has 5 rings (SSSR count). The minimum atomic E-state index is -0.135. The fraction of sp³-hybridized carbons (Fsp3) is 0.261. The molecule has 1 fully saturated rings. The predicted molar refractivity (Wildman–Crippen MR) is 127 cm³/mol. The zero-order valence-corrected chi connectivity index (χ0v) is 17.9. The van der Waals surface area contributed by atoms with E-state index in [0.29, 0.717) is 17.2 Å². The number of aromatic amines is 1. The van der Waals surface area contributed by atoms with E-state index in [1.807, 2.05) is 54.6 Å². The van der Waals surface area contributed by atoms with Gasteiger partial charge in [0.1, 0.15) is 0 Å². The van der Waals surface area contributed by atoms with Crippen molar-refractivity contribution >= 4 is 27.8 Å². The van der Waals surface area contributed by atoms with Gasteiger partial charge in [-0.1, -0.05) is 53.8 Å². The van der Waals surface area contributed by atoms with Crippen LogP contribution in [0, 0.1) is 0 Å². The van der Waals surface area contributed by atoms with Crippen LogP contribution in [0.5, 0.6) is 0 Å². The Morgan fingerprint density at radius 3 is 2.65 bits per heavy atom. The fourth-order valence-electron chi connectivity index (χ4n) is 3.77. The van der Waals surface area contributed by atoms with Gasteiger partial charge in [0.2, 0.25) is 5.13 Å². The molecule has 2 aromatic carbocycles. The minimum absolute atomic E-state index is 0.135. The average Bonchev–Trinajstić information content (AvgIpc) is 3.39. The van der Waals surface area contributed by atoms with E-state index in [1.54, 1.807) is 6.21 Å². The molecule has 2 N–H and O–H groups in total. The maximum atomic E-state index is 13.3. The Bertz CT molecular complexity index is 1220. The maximum Gasteiger partial charge on any atom is 0.282 e. The van der Waals surface area contributed by atoms with Gasteiger partial charge in [0, 0.05) is 44.5 Å². The molecule has 8 heteroatoms. The van der Waals surface area contributed by atoms with Crippen LogP contribution in [0.2, 0.25) is 0 Å². The number of hydrogen-bond donors (Lipinski definition) is 2. The number of aromatic nitrogens is 3. The van der Waals surface area contributed by atoms with E-state index in [0.717, 1.165) is 54.2 Å². The number of para-hydroxylation sites is 1. The van der Waals surface area contributed by atoms with Gasteiger partial charge in [0.15, 0.2) is 0 Å². The van der Waals surface area contributed by atoms with Crippen molar-refractivity contribution in [2.75, 3.05) is 39.3 Å². The number of thiazole rings is 1. The van der Waals surface area contributed by atoms with Crippen molar-refractivity contribution < 1.29 is 0 Å². The second kappa shape index (κ2) is 8.97. The molecule has 0 aliphatic carbocycles. The first-order valence-corrected chi connectivity index (χ1v) is 11.3. The quantitative estimate of drug-likeness (QED) is 0.459. The first kappa shape index (κ1) is 19.9. The van der Waals surface area contributed by atoms with Crippen LogP contribution in [0.25, 0.3) is 26.6 Å². The number of rotatable bonds is 6. The molecule has 0 atom stereocenters. The van der Waals surface area contributed by atoms with Crippen molar-refractivity contribution in [3.8, 4) is 16.4 Å². The van der Waals surface area contributed by atoms with Gasteiger partial charge in [-0.25, -0.2) is 4.98 Å². The fourth-order valence-corrected chi connectivity index (χ4v) is 4.70. The first-order valence-electron chi connectivity index (χ1n) is 10.5. The molecule has 158 valence electrons. The van der Waals surface area contributed by atoms with Gasteiger partial charge >= 0.3 is 0 Å². The molecule has 31 heavy (non-hydrogen) atoms. The smallest absolute Gasteiger partial charge is 0.282 e. The van der Waals surface area contributed by atoms with Crippen molar-refractivity contribution in [2.45, 2.75) is 0 Å². The normalized spacial score (nSPS) is 15.2. The standard InChI is InChI=1S/C23H24N6OS/c30-22-18(16-25-12-15-28-13-10-24-11-14-28)21(17-6-2-1-3-7-17)27-29(22)23-26-19-8-4-5-9-20(19)31-23/h1-9,16,24,27H,10-15H2. The lowest BCUT2D eigenvalue weighted by Crippen LogP contribution is -2.44. The van der Waals surface area contributed by atoms with Crippen LogP contribution in [0.1, 0.15) is 5.56 Å². The number of piperazine rings is 1. The summed E-state index contributed by atoms with van der Waals surface area (Å²) in [6.07, 6.45) is 1.72. The maximum absolute atomic E-state index is 13.3. The molecule has 4 aromatic rings. The van der Waals surface area contributed by atoms with Crippen LogP contribution < -0.4 is 10.9 Å². The molecule has 1 aliphatic rings. The number of aliphatic imine (C=N–C) groups is 1. The highest BCUT2D eigenvalue weighted by atomic mass is 32.1. The Morgan fingerprint density at radius 1 is 1.06 bits per heavy atom. The van der Waals surface area contributed by atoms with E-state index in [-0.39, 0.29) is 5.56 Å². The molecule has 0 saturated carbocycles. The molecular formula is C23H24N6OS. The van der Waals surface area contributed by atoms with E-state index >= 15 is 0 Å². The Hall–Kier alpha value is -3.07. The molecule has 0 unspecified atom stereocenters. The van der Waals surface area contributed by atoms with Crippen LogP contribution in [0.4, 0.5) is 0 Å². The molecule has 0 bridgehead atoms. The number of fused-ring (bicyclic) bond motifs is 1. The highest BCUT2D eigenvalue weighted by molar-refractivity contribution is 7.20. The lowest BCUT2D eigenvalue weighted by molar-refractivity contribution is 0.248. The molecule has 0 amide bonds. The van der Waals surface area contributed by atoms with Crippen LogP contribution in [0.15, 0.2) is 64.4 Å². The zero-order valence-electron chi connectivity index (χ0n) is 17.1. The Labute approximate surface area is 184 Å². The molecule has 0 radical (unpaired) electrons. The van der Waals surface area contributed by atoms with Crippen molar-refractivity contribution in [1.82, 2.24) is 25.0 Å². The number of nitrogens with zero attached hydrogens (tertiary/aromatic N) is 4. The number of H-pyrrole nitrogens is 1. The molecular weight excluding hydrogens is 408 g/mol. The molecule has 0 spiro atoms. The van der Waals surface area contributed by atoms with Gasteiger partial charge < -0.3 is 5.32 Å². The van der Waals surface area contributed by atoms with E-state index in [9.17, 15) is 4.79 Å². The highest BCUT2D eigenvalue weighted by Gasteiger charge is 2.17. The highest BCUT2D eigenvalue weighted by Crippen LogP contribution is 2.25. The van der Waals surface area contributed by atoms with Crippen molar-refractivity contribution in [3.05, 3.63) is 70.5 Å². The van der Waals surface area contributed by atoms with Crippen LogP contribution in [-0.4, -0.2) is 65.1 Å². The summed E-state index contributed by atoms with van der Waals surface area (Å²) in [6, 6.07) is 17.8. The minimum Gasteiger partial charge on any atom is -0.314 e. The van der Waals surface area contributed by atoms with E-state index in [1.165, 1.54) is 16.0 Å². The van der Waals surface area contributed by atoms with Crippen LogP contribution in [0.3, 0.4) is 0 Å². The molecule has 2 aromatic heterocycles. The van der Waals surface area contributed by atoms with Crippen molar-refractivity contribution in [1.29, 1.82) is 0 Å². The summed E-state index contributed by atoms with van der Waals surface area (Å²) in [4.78, 5) is 25.0. The number of nitrogens with one attached hydrogen (secondary N) is 2. The van der Waals surface area contributed by atoms with Gasteiger partial charge in [-0.2, -0.15) is 4.68 Å². The summed E-state index contributed by atoms with van der Waals surface area (Å²) in [5.41, 5.74) is 3.02. The van der Waals surface area contributed by atoms with E-state index in [2.05, 4.69) is 25.3 Å². The lowest BCUT2D eigenvalue weighted by atomic mass is 10.1. The summed E-state index contributed by atoms with van der Waals surface area (Å²) in [7, 11) is 0. The molecule has 1 saturated heterocycles. The number of hydrogen-bond acceptors (Lipinski definition) is 6. The van der Waals surface area contributed by atoms with Gasteiger partial charge in [0.25, 0.3) is 5.56 Å². The SMILES string of the molecule is O=c1c(C=NCCN2CCNCC2)c(-c2ccccc2)[nH]n1-c1nc2ccccc2s1. The third kappa shape index (κ3) is 4.23. The summed E-state index contributed by atoms with van der Waals surface area (Å²) in [5.74, 6) is 0. The third-order valence-corrected chi connectivity index (χ3v) is 6.46. The predicted octanol–water partition coefficient (Wildman–Crippen LogP) is 2.77. The summed E-state index contributed by atoms with van der Waals surface area (Å²) >= 11 is 1.49. The second-order valence-corrected chi connectivity index (χ2v) is 8.51. The monoisotopic (exact) mass is 432 g/mol. The van der Waals surface area contributed by atoms with Gasteiger partial charge in [0.05, 0.1) is 28.0 Å². The van der Waals surface area contributed by atoms with Gasteiger partial charge in [-0.05, 0) is 12.1 Å². The van der Waals surface area contributed by atoms with Crippen molar-refractivity contribution in [3.63, 3.8) is 0 Å². The second-order valence-electron chi connectivity index (χ2n) is 7.50. The summed E-state index contributed by atoms with van der Waals surface area (Å²) < 4.78 is 2.58. The Balaban J connectivity index is 1.48. The number of benzene rings is 2. The third-order valence-electron chi connectivity index (χ3n) is 5.44. The molecule has 7 nitrogen and oxygen atoms in total. The van der Waals surface area contributed by atoms with Gasteiger partial charge in [-0.15, -0.1) is 0 Å². The van der Waals surface area contributed by atoms with Crippen LogP contribution in [-0.2, 0) is 0 Å². The summed E-state index contributed by atoms with van der Waals surface area (Å²) in [6.45, 7) is 5.69. The molecule has 1 aliphatic heterocycles. The Kier molecular flexibility index (Phi) is 5.75. The zero-order chi connectivity index (χ0) is 21.0. The van der Waals surface area contributed by atoms with Crippen molar-refractivity contribution in [2.24, 2.45) is 4.99 Å². The molecule has 3 heterocycles. The largest absolute Gasteiger partial charge is 0.314 e. The summed E-state index contributed by atoms with van der Waals surface area (Å²) in [5, 5.41) is 7.26. The average molecular weight is 433 g/mol. The van der Waals surface area contributed by atoms with E-state index < -0.39 is 0 Å². The topological polar surface area (TPSA) is 78.3 Å². The van der Waals surface area contributed by atoms with Gasteiger partial charge in [-0.3, -0.25) is 19.8 Å². The lowest BCUT2D eigenvalue weighted by Gasteiger charge is -2.26. The van der Waals surface area contributed by atoms with E-state index in [4.69, 9.17) is 0 Å². The van der Waals surface area contributed by atoms with Crippen LogP contribution >= 0.6 is 11.3 Å².